The smallest absolute Gasteiger partial charge is 0.236 e. The highest BCUT2D eigenvalue weighted by molar-refractivity contribution is 6.30. The van der Waals surface area contributed by atoms with Crippen LogP contribution in [0.4, 0.5) is 11.4 Å². The van der Waals surface area contributed by atoms with Crippen LogP contribution in [-0.2, 0) is 16.0 Å². The number of hydrogen-bond acceptors (Lipinski definition) is 3. The normalized spacial score (nSPS) is 15.6. The minimum Gasteiger partial charge on any atom is -0.490 e. The van der Waals surface area contributed by atoms with Crippen LogP contribution in [-0.4, -0.2) is 25.0 Å². The van der Waals surface area contributed by atoms with Crippen molar-refractivity contribution in [1.82, 2.24) is 0 Å². The first-order chi connectivity index (χ1) is 12.8. The molecule has 1 heterocycles. The van der Waals surface area contributed by atoms with Gasteiger partial charge in [0.25, 0.3) is 0 Å². The first-order valence-electron chi connectivity index (χ1n) is 8.93. The van der Waals surface area contributed by atoms with Gasteiger partial charge in [-0.15, -0.1) is 0 Å². The maximum absolute atomic E-state index is 12.8. The topological polar surface area (TPSA) is 58.6 Å². The summed E-state index contributed by atoms with van der Waals surface area (Å²) in [5.41, 5.74) is 1.58. The van der Waals surface area contributed by atoms with Gasteiger partial charge in [0.1, 0.15) is 12.4 Å². The van der Waals surface area contributed by atoms with Crippen LogP contribution >= 0.6 is 11.6 Å². The van der Waals surface area contributed by atoms with Gasteiger partial charge in [0.15, 0.2) is 0 Å². The molecule has 0 saturated carbocycles. The van der Waals surface area contributed by atoms with Gasteiger partial charge in [-0.25, -0.2) is 0 Å². The van der Waals surface area contributed by atoms with E-state index < -0.39 is 5.41 Å². The van der Waals surface area contributed by atoms with Crippen molar-refractivity contribution in [2.24, 2.45) is 5.41 Å². The van der Waals surface area contributed by atoms with Crippen LogP contribution in [0.2, 0.25) is 5.02 Å². The van der Waals surface area contributed by atoms with Crippen LogP contribution in [0.25, 0.3) is 0 Å². The minimum absolute atomic E-state index is 0.00777. The summed E-state index contributed by atoms with van der Waals surface area (Å²) in [6, 6.07) is 12.5. The van der Waals surface area contributed by atoms with Crippen LogP contribution in [0.1, 0.15) is 26.3 Å². The number of carbonyl (C=O) groups excluding carboxylic acids is 2. The van der Waals surface area contributed by atoms with Crippen molar-refractivity contribution in [2.75, 3.05) is 23.4 Å². The van der Waals surface area contributed by atoms with E-state index in [2.05, 4.69) is 5.32 Å². The second kappa shape index (κ2) is 7.61. The predicted octanol–water partition coefficient (Wildman–Crippen LogP) is 4.29. The highest BCUT2D eigenvalue weighted by Crippen LogP contribution is 2.38. The molecule has 142 valence electrons. The summed E-state index contributed by atoms with van der Waals surface area (Å²) < 4.78 is 5.85. The number of hydrogen-bond donors (Lipinski definition) is 1. The maximum atomic E-state index is 12.8. The molecule has 3 rings (SSSR count). The number of nitrogens with one attached hydrogen (secondary N) is 1. The molecule has 2 aromatic carbocycles. The predicted molar refractivity (Wildman–Crippen MR) is 108 cm³/mol. The molecule has 0 bridgehead atoms. The number of rotatable bonds is 4. The average molecular weight is 387 g/mol. The highest BCUT2D eigenvalue weighted by atomic mass is 35.5. The Kier molecular flexibility index (Phi) is 5.42. The lowest BCUT2D eigenvalue weighted by atomic mass is 9.93. The Morgan fingerprint density at radius 3 is 2.59 bits per heavy atom. The zero-order valence-electron chi connectivity index (χ0n) is 15.7. The molecule has 0 radical (unpaired) electrons. The van der Waals surface area contributed by atoms with Gasteiger partial charge < -0.3 is 15.0 Å². The third kappa shape index (κ3) is 4.25. The molecular weight excluding hydrogens is 364 g/mol. The minimum atomic E-state index is -0.604. The molecule has 5 nitrogen and oxygen atoms in total. The highest BCUT2D eigenvalue weighted by Gasteiger charge is 2.37. The molecule has 1 aliphatic heterocycles. The lowest BCUT2D eigenvalue weighted by molar-refractivity contribution is -0.127. The second-order valence-corrected chi connectivity index (χ2v) is 7.69. The molecule has 6 heteroatoms. The molecule has 0 aromatic heterocycles. The third-order valence-electron chi connectivity index (χ3n) is 4.54. The average Bonchev–Trinajstić information content (AvgIpc) is 2.72. The van der Waals surface area contributed by atoms with Crippen molar-refractivity contribution < 1.29 is 14.3 Å². The van der Waals surface area contributed by atoms with Gasteiger partial charge >= 0.3 is 0 Å². The number of carbonyl (C=O) groups is 2. The molecular formula is C21H23ClN2O3. The monoisotopic (exact) mass is 386 g/mol. The lowest BCUT2D eigenvalue weighted by Crippen LogP contribution is -2.42. The Balaban J connectivity index is 1.80. The molecule has 0 saturated heterocycles. The summed E-state index contributed by atoms with van der Waals surface area (Å²) in [5.74, 6) is 0.515. The molecule has 0 atom stereocenters. The van der Waals surface area contributed by atoms with Gasteiger partial charge in [-0.1, -0.05) is 23.7 Å². The molecule has 2 amide bonds. The molecule has 0 unspecified atom stereocenters. The molecule has 1 N–H and O–H groups in total. The van der Waals surface area contributed by atoms with Crippen molar-refractivity contribution in [3.63, 3.8) is 0 Å². The van der Waals surface area contributed by atoms with Crippen LogP contribution in [0.5, 0.6) is 5.75 Å². The van der Waals surface area contributed by atoms with E-state index in [1.807, 2.05) is 32.9 Å². The standard InChI is InChI=1S/C21H23ClN2O3/c1-4-24-17-12-16(9-10-18(17)27-13-21(2,3)20(24)26)23-19(25)11-14-5-7-15(22)8-6-14/h5-10,12H,4,11,13H2,1-3H3,(H,23,25). The maximum Gasteiger partial charge on any atom is 0.236 e. The molecule has 0 fully saturated rings. The zero-order chi connectivity index (χ0) is 19.6. The molecule has 0 spiro atoms. The van der Waals surface area contributed by atoms with Crippen molar-refractivity contribution in [3.05, 3.63) is 53.1 Å². The van der Waals surface area contributed by atoms with Gasteiger partial charge in [-0.2, -0.15) is 0 Å². The number of ether oxygens (including phenoxy) is 1. The van der Waals surface area contributed by atoms with Crippen LogP contribution < -0.4 is 15.0 Å². The third-order valence-corrected chi connectivity index (χ3v) is 4.79. The van der Waals surface area contributed by atoms with Crippen molar-refractivity contribution in [2.45, 2.75) is 27.2 Å². The number of halogens is 1. The molecule has 27 heavy (non-hydrogen) atoms. The molecule has 0 aliphatic carbocycles. The van der Waals surface area contributed by atoms with E-state index in [-0.39, 0.29) is 18.2 Å². The first-order valence-corrected chi connectivity index (χ1v) is 9.31. The Hall–Kier alpha value is -2.53. The molecule has 2 aromatic rings. The fourth-order valence-electron chi connectivity index (χ4n) is 3.03. The number of fused-ring (bicyclic) bond motifs is 1. The number of anilines is 2. The van der Waals surface area contributed by atoms with E-state index in [4.69, 9.17) is 16.3 Å². The number of benzene rings is 2. The van der Waals surface area contributed by atoms with Crippen molar-refractivity contribution in [1.29, 1.82) is 0 Å². The largest absolute Gasteiger partial charge is 0.490 e. The van der Waals surface area contributed by atoms with Crippen LogP contribution in [0.15, 0.2) is 42.5 Å². The van der Waals surface area contributed by atoms with Gasteiger partial charge in [0.2, 0.25) is 11.8 Å². The summed E-state index contributed by atoms with van der Waals surface area (Å²) in [5, 5.41) is 3.53. The Morgan fingerprint density at radius 1 is 1.22 bits per heavy atom. The van der Waals surface area contributed by atoms with Crippen molar-refractivity contribution in [3.8, 4) is 5.75 Å². The van der Waals surface area contributed by atoms with E-state index >= 15 is 0 Å². The molecule has 1 aliphatic rings. The number of amides is 2. The fourth-order valence-corrected chi connectivity index (χ4v) is 3.16. The van der Waals surface area contributed by atoms with Gasteiger partial charge in [-0.05, 0) is 56.7 Å². The quantitative estimate of drug-likeness (QED) is 0.852. The first kappa shape index (κ1) is 19.2. The summed E-state index contributed by atoms with van der Waals surface area (Å²) in [4.78, 5) is 26.9. The SMILES string of the molecule is CCN1C(=O)C(C)(C)COc2ccc(NC(=O)Cc3ccc(Cl)cc3)cc21. The lowest BCUT2D eigenvalue weighted by Gasteiger charge is -2.27. The van der Waals surface area contributed by atoms with E-state index in [0.29, 0.717) is 35.3 Å². The summed E-state index contributed by atoms with van der Waals surface area (Å²) in [6.45, 7) is 6.52. The van der Waals surface area contributed by atoms with Crippen molar-refractivity contribution >= 4 is 34.8 Å². The Labute approximate surface area is 164 Å². The summed E-state index contributed by atoms with van der Waals surface area (Å²) in [7, 11) is 0. The van der Waals surface area contributed by atoms with Gasteiger partial charge in [0.05, 0.1) is 17.5 Å². The fraction of sp³-hybridized carbons (Fsp3) is 0.333. The van der Waals surface area contributed by atoms with E-state index in [0.717, 1.165) is 5.56 Å². The van der Waals surface area contributed by atoms with Gasteiger partial charge in [0, 0.05) is 17.3 Å². The second-order valence-electron chi connectivity index (χ2n) is 7.26. The van der Waals surface area contributed by atoms with E-state index in [1.54, 1.807) is 35.2 Å². The number of nitrogens with zero attached hydrogens (tertiary/aromatic N) is 1. The zero-order valence-corrected chi connectivity index (χ0v) is 16.5. The van der Waals surface area contributed by atoms with Crippen LogP contribution in [0.3, 0.4) is 0 Å². The summed E-state index contributed by atoms with van der Waals surface area (Å²) in [6.07, 6.45) is 0.244. The Bertz CT molecular complexity index is 862. The van der Waals surface area contributed by atoms with Gasteiger partial charge in [-0.3, -0.25) is 9.59 Å². The van der Waals surface area contributed by atoms with Crippen LogP contribution in [0, 0.1) is 5.41 Å². The summed E-state index contributed by atoms with van der Waals surface area (Å²) >= 11 is 5.87. The van der Waals surface area contributed by atoms with E-state index in [9.17, 15) is 9.59 Å². The van der Waals surface area contributed by atoms with E-state index in [1.165, 1.54) is 0 Å². The Morgan fingerprint density at radius 2 is 1.93 bits per heavy atom.